The van der Waals surface area contributed by atoms with Gasteiger partial charge in [0.05, 0.1) is 5.60 Å². The maximum atomic E-state index is 12.8. The summed E-state index contributed by atoms with van der Waals surface area (Å²) in [5.41, 5.74) is 1.81. The van der Waals surface area contributed by atoms with Gasteiger partial charge in [0, 0.05) is 45.0 Å². The zero-order chi connectivity index (χ0) is 20.3. The number of rotatable bonds is 5. The van der Waals surface area contributed by atoms with Gasteiger partial charge in [-0.2, -0.15) is 5.10 Å². The van der Waals surface area contributed by atoms with Crippen LogP contribution in [-0.4, -0.2) is 63.9 Å². The summed E-state index contributed by atoms with van der Waals surface area (Å²) in [6.45, 7) is 6.06. The van der Waals surface area contributed by atoms with Crippen LogP contribution in [0, 0.1) is 0 Å². The first-order valence-electron chi connectivity index (χ1n) is 10.8. The predicted octanol–water partition coefficient (Wildman–Crippen LogP) is 3.19. The van der Waals surface area contributed by atoms with Crippen LogP contribution in [0.1, 0.15) is 48.7 Å². The van der Waals surface area contributed by atoms with E-state index in [1.165, 1.54) is 5.56 Å². The van der Waals surface area contributed by atoms with E-state index in [0.717, 1.165) is 58.5 Å². The monoisotopic (exact) mass is 396 g/mol. The van der Waals surface area contributed by atoms with Gasteiger partial charge in [-0.15, -0.1) is 0 Å². The molecule has 0 bridgehead atoms. The molecule has 2 aliphatic heterocycles. The van der Waals surface area contributed by atoms with Crippen LogP contribution in [0.2, 0.25) is 0 Å². The minimum absolute atomic E-state index is 0.0422. The molecule has 0 saturated carbocycles. The zero-order valence-corrected chi connectivity index (χ0v) is 17.6. The number of hydrogen-bond acceptors (Lipinski definition) is 4. The average Bonchev–Trinajstić information content (AvgIpc) is 3.24. The van der Waals surface area contributed by atoms with Gasteiger partial charge in [-0.3, -0.25) is 14.4 Å². The van der Waals surface area contributed by atoms with Gasteiger partial charge in [0.1, 0.15) is 5.69 Å². The molecule has 1 aromatic heterocycles. The third-order valence-corrected chi connectivity index (χ3v) is 6.51. The Morgan fingerprint density at radius 3 is 2.69 bits per heavy atom. The van der Waals surface area contributed by atoms with Crippen LogP contribution in [0.25, 0.3) is 0 Å². The first-order valence-corrected chi connectivity index (χ1v) is 10.8. The molecular formula is C23H32N4O2. The van der Waals surface area contributed by atoms with Gasteiger partial charge in [-0.05, 0) is 51.3 Å². The number of hydrogen-bond donors (Lipinski definition) is 0. The highest BCUT2D eigenvalue weighted by molar-refractivity contribution is 5.92. The molecule has 0 N–H and O–H groups in total. The topological polar surface area (TPSA) is 50.6 Å². The van der Waals surface area contributed by atoms with Gasteiger partial charge >= 0.3 is 0 Å². The lowest BCUT2D eigenvalue weighted by Crippen LogP contribution is -2.54. The lowest BCUT2D eigenvalue weighted by atomic mass is 9.81. The fourth-order valence-corrected chi connectivity index (χ4v) is 4.66. The summed E-state index contributed by atoms with van der Waals surface area (Å²) in [5, 5.41) is 4.37. The molecule has 2 fully saturated rings. The molecule has 0 radical (unpaired) electrons. The first kappa shape index (κ1) is 20.1. The molecule has 29 heavy (non-hydrogen) atoms. The molecule has 1 unspecified atom stereocenters. The van der Waals surface area contributed by atoms with Crippen LogP contribution in [0.15, 0.2) is 42.6 Å². The van der Waals surface area contributed by atoms with Crippen molar-refractivity contribution in [1.29, 1.82) is 0 Å². The van der Waals surface area contributed by atoms with Crippen LogP contribution in [0.4, 0.5) is 0 Å². The van der Waals surface area contributed by atoms with E-state index in [4.69, 9.17) is 4.74 Å². The van der Waals surface area contributed by atoms with E-state index in [-0.39, 0.29) is 11.5 Å². The molecule has 156 valence electrons. The summed E-state index contributed by atoms with van der Waals surface area (Å²) in [6, 6.07) is 13.0. The molecule has 1 aromatic carbocycles. The maximum Gasteiger partial charge on any atom is 0.274 e. The van der Waals surface area contributed by atoms with E-state index in [1.807, 2.05) is 24.1 Å². The van der Waals surface area contributed by atoms with Crippen molar-refractivity contribution in [1.82, 2.24) is 19.6 Å². The lowest BCUT2D eigenvalue weighted by Gasteiger charge is -2.47. The van der Waals surface area contributed by atoms with Crippen LogP contribution in [-0.2, 0) is 17.8 Å². The maximum absolute atomic E-state index is 12.8. The number of carbonyl (C=O) groups excluding carboxylic acids is 1. The number of aromatic nitrogens is 2. The van der Waals surface area contributed by atoms with Crippen molar-refractivity contribution in [2.45, 2.75) is 57.3 Å². The van der Waals surface area contributed by atoms with Crippen molar-refractivity contribution < 1.29 is 9.53 Å². The molecule has 6 nitrogen and oxygen atoms in total. The van der Waals surface area contributed by atoms with Crippen molar-refractivity contribution in [3.8, 4) is 0 Å². The summed E-state index contributed by atoms with van der Waals surface area (Å²) < 4.78 is 8.11. The molecular weight excluding hydrogens is 364 g/mol. The molecule has 1 amide bonds. The number of nitrogens with zero attached hydrogens (tertiary/aromatic N) is 4. The quantitative estimate of drug-likeness (QED) is 0.779. The molecule has 3 heterocycles. The highest BCUT2D eigenvalue weighted by Crippen LogP contribution is 2.37. The number of piperidine rings is 1. The summed E-state index contributed by atoms with van der Waals surface area (Å²) in [7, 11) is 2.22. The highest BCUT2D eigenvalue weighted by Gasteiger charge is 2.42. The normalized spacial score (nSPS) is 21.6. The third-order valence-electron chi connectivity index (χ3n) is 6.51. The van der Waals surface area contributed by atoms with E-state index in [0.29, 0.717) is 11.7 Å². The second kappa shape index (κ2) is 8.67. The van der Waals surface area contributed by atoms with Gasteiger partial charge in [-0.25, -0.2) is 0 Å². The van der Waals surface area contributed by atoms with Crippen LogP contribution < -0.4 is 0 Å². The molecule has 1 atom stereocenters. The molecule has 2 aliphatic rings. The minimum Gasteiger partial charge on any atom is -0.375 e. The van der Waals surface area contributed by atoms with Crippen molar-refractivity contribution >= 4 is 5.91 Å². The average molecular weight is 397 g/mol. The largest absolute Gasteiger partial charge is 0.375 e. The van der Waals surface area contributed by atoms with E-state index in [1.54, 1.807) is 4.68 Å². The Balaban J connectivity index is 1.34. The predicted molar refractivity (Wildman–Crippen MR) is 113 cm³/mol. The van der Waals surface area contributed by atoms with Gasteiger partial charge in [0.25, 0.3) is 5.91 Å². The smallest absolute Gasteiger partial charge is 0.274 e. The van der Waals surface area contributed by atoms with E-state index < -0.39 is 0 Å². The molecule has 2 saturated heterocycles. The number of amides is 1. The summed E-state index contributed by atoms with van der Waals surface area (Å²) in [5.74, 6) is 0.0422. The number of aryl methyl sites for hydroxylation is 1. The Morgan fingerprint density at radius 1 is 1.24 bits per heavy atom. The molecule has 0 aliphatic carbocycles. The van der Waals surface area contributed by atoms with Crippen LogP contribution >= 0.6 is 0 Å². The summed E-state index contributed by atoms with van der Waals surface area (Å²) in [6.07, 6.45) is 5.80. The third kappa shape index (κ3) is 4.54. The lowest BCUT2D eigenvalue weighted by molar-refractivity contribution is -0.128. The summed E-state index contributed by atoms with van der Waals surface area (Å²) in [4.78, 5) is 17.2. The second-order valence-corrected chi connectivity index (χ2v) is 8.43. The SMILES string of the molecule is CCn1ccc(C(=O)N2CCC3(CC2)CC(N(C)Cc2ccccc2)CCO3)n1. The second-order valence-electron chi connectivity index (χ2n) is 8.43. The Kier molecular flexibility index (Phi) is 6.01. The Hall–Kier alpha value is -2.18. The number of likely N-dealkylation sites (tertiary alicyclic amines) is 1. The summed E-state index contributed by atoms with van der Waals surface area (Å²) >= 11 is 0. The van der Waals surface area contributed by atoms with Crippen molar-refractivity contribution in [2.75, 3.05) is 26.7 Å². The van der Waals surface area contributed by atoms with E-state index in [9.17, 15) is 4.79 Å². The Bertz CT molecular complexity index is 811. The molecule has 2 aromatic rings. The van der Waals surface area contributed by atoms with Gasteiger partial charge in [0.2, 0.25) is 0 Å². The van der Waals surface area contributed by atoms with Gasteiger partial charge in [-0.1, -0.05) is 30.3 Å². The standard InChI is InChI=1S/C23H32N4O2/c1-3-27-13-9-21(24-27)22(28)26-14-11-23(12-15-26)17-20(10-16-29-23)25(2)18-19-7-5-4-6-8-19/h4-9,13,20H,3,10-12,14-18H2,1-2H3. The van der Waals surface area contributed by atoms with Crippen molar-refractivity contribution in [2.24, 2.45) is 0 Å². The fourth-order valence-electron chi connectivity index (χ4n) is 4.66. The number of carbonyl (C=O) groups is 1. The van der Waals surface area contributed by atoms with Crippen molar-refractivity contribution in [3.05, 3.63) is 53.9 Å². The Morgan fingerprint density at radius 2 is 2.00 bits per heavy atom. The molecule has 1 spiro atoms. The molecule has 4 rings (SSSR count). The highest BCUT2D eigenvalue weighted by atomic mass is 16.5. The van der Waals surface area contributed by atoms with Crippen LogP contribution in [0.3, 0.4) is 0 Å². The Labute approximate surface area is 173 Å². The molecule has 6 heteroatoms. The van der Waals surface area contributed by atoms with Gasteiger partial charge < -0.3 is 9.64 Å². The van der Waals surface area contributed by atoms with E-state index >= 15 is 0 Å². The van der Waals surface area contributed by atoms with Gasteiger partial charge in [0.15, 0.2) is 0 Å². The zero-order valence-electron chi connectivity index (χ0n) is 17.6. The van der Waals surface area contributed by atoms with E-state index in [2.05, 4.69) is 47.4 Å². The minimum atomic E-state index is -0.0899. The fraction of sp³-hybridized carbons (Fsp3) is 0.565. The van der Waals surface area contributed by atoms with Crippen LogP contribution in [0.5, 0.6) is 0 Å². The number of ether oxygens (including phenoxy) is 1. The van der Waals surface area contributed by atoms with Crippen molar-refractivity contribution in [3.63, 3.8) is 0 Å². The first-order chi connectivity index (χ1) is 14.1. The number of benzene rings is 1.